The molecule has 2 N–H and O–H groups in total. The highest BCUT2D eigenvalue weighted by Gasteiger charge is 2.40. The highest BCUT2D eigenvalue weighted by atomic mass is 19.3. The second kappa shape index (κ2) is 8.59. The third-order valence-corrected chi connectivity index (χ3v) is 7.37. The van der Waals surface area contributed by atoms with Crippen LogP contribution in [0.5, 0.6) is 0 Å². The van der Waals surface area contributed by atoms with E-state index in [0.29, 0.717) is 38.3 Å². The molecule has 3 unspecified atom stereocenters. The number of benzene rings is 1. The summed E-state index contributed by atoms with van der Waals surface area (Å²) in [5.41, 5.74) is 1.30. The van der Waals surface area contributed by atoms with Crippen molar-refractivity contribution in [1.82, 2.24) is 20.4 Å². The van der Waals surface area contributed by atoms with E-state index in [1.807, 2.05) is 4.90 Å². The molecule has 0 radical (unpaired) electrons. The maximum absolute atomic E-state index is 13.5. The number of halogens is 2. The lowest BCUT2D eigenvalue weighted by Gasteiger charge is -2.46. The molecule has 1 aliphatic carbocycles. The van der Waals surface area contributed by atoms with Crippen LogP contribution in [0.3, 0.4) is 0 Å². The molecule has 4 aliphatic rings. The number of fused-ring (bicyclic) bond motifs is 1. The SMILES string of the molecule is O=C1NC(N2CCN(C(=O)c3ccc(N4CCC(F)(F)C4)cc3)CC2)NC2CCCCC12. The monoisotopic (exact) mass is 447 g/mol. The summed E-state index contributed by atoms with van der Waals surface area (Å²) in [4.78, 5) is 31.1. The molecule has 0 bridgehead atoms. The Hall–Kier alpha value is -2.26. The molecule has 1 saturated carbocycles. The van der Waals surface area contributed by atoms with Gasteiger partial charge in [0.1, 0.15) is 6.29 Å². The predicted octanol–water partition coefficient (Wildman–Crippen LogP) is 1.85. The van der Waals surface area contributed by atoms with E-state index in [0.717, 1.165) is 31.4 Å². The predicted molar refractivity (Wildman–Crippen MR) is 117 cm³/mol. The van der Waals surface area contributed by atoms with Gasteiger partial charge in [0.2, 0.25) is 5.91 Å². The van der Waals surface area contributed by atoms with Gasteiger partial charge in [0, 0.05) is 56.4 Å². The Balaban J connectivity index is 1.15. The summed E-state index contributed by atoms with van der Waals surface area (Å²) in [6.45, 7) is 2.59. The van der Waals surface area contributed by atoms with E-state index in [1.54, 1.807) is 29.2 Å². The molecule has 2 amide bonds. The maximum atomic E-state index is 13.5. The van der Waals surface area contributed by atoms with Crippen LogP contribution in [0.1, 0.15) is 42.5 Å². The molecule has 1 aromatic carbocycles. The fourth-order valence-corrected chi connectivity index (χ4v) is 5.46. The van der Waals surface area contributed by atoms with Crippen molar-refractivity contribution in [3.63, 3.8) is 0 Å². The van der Waals surface area contributed by atoms with Gasteiger partial charge in [-0.05, 0) is 37.1 Å². The number of carbonyl (C=O) groups is 2. The molecule has 9 heteroatoms. The van der Waals surface area contributed by atoms with Gasteiger partial charge in [-0.15, -0.1) is 0 Å². The van der Waals surface area contributed by atoms with E-state index >= 15 is 0 Å². The smallest absolute Gasteiger partial charge is 0.266 e. The standard InChI is InChI=1S/C23H31F2N5O2/c24-23(25)9-10-30(15-23)17-7-5-16(6-8-17)21(32)28-11-13-29(14-12-28)22-26-19-4-2-1-3-18(19)20(31)27-22/h5-8,18-19,22,26H,1-4,9-15H2,(H,27,31). The van der Waals surface area contributed by atoms with Crippen LogP contribution in [0.15, 0.2) is 24.3 Å². The molecule has 0 spiro atoms. The lowest BCUT2D eigenvalue weighted by atomic mass is 9.82. The van der Waals surface area contributed by atoms with Crippen LogP contribution in [-0.4, -0.2) is 79.1 Å². The highest BCUT2D eigenvalue weighted by Crippen LogP contribution is 2.31. The minimum atomic E-state index is -2.64. The van der Waals surface area contributed by atoms with Crippen molar-refractivity contribution in [2.24, 2.45) is 5.92 Å². The van der Waals surface area contributed by atoms with Crippen molar-refractivity contribution in [2.45, 2.75) is 50.4 Å². The maximum Gasteiger partial charge on any atom is 0.266 e. The number of amides is 2. The Labute approximate surface area is 187 Å². The third-order valence-electron chi connectivity index (χ3n) is 7.37. The minimum absolute atomic E-state index is 0.0454. The summed E-state index contributed by atoms with van der Waals surface area (Å²) in [6.07, 6.45) is 3.98. The van der Waals surface area contributed by atoms with Crippen molar-refractivity contribution >= 4 is 17.5 Å². The van der Waals surface area contributed by atoms with Gasteiger partial charge in [-0.3, -0.25) is 19.8 Å². The zero-order valence-corrected chi connectivity index (χ0v) is 18.2. The molecular weight excluding hydrogens is 416 g/mol. The number of nitrogens with zero attached hydrogens (tertiary/aromatic N) is 3. The fraction of sp³-hybridized carbons (Fsp3) is 0.652. The van der Waals surface area contributed by atoms with E-state index in [1.165, 1.54) is 0 Å². The van der Waals surface area contributed by atoms with Crippen LogP contribution in [0.25, 0.3) is 0 Å². The molecule has 174 valence electrons. The first kappa shape index (κ1) is 21.6. The molecule has 32 heavy (non-hydrogen) atoms. The number of nitrogens with one attached hydrogen (secondary N) is 2. The summed E-state index contributed by atoms with van der Waals surface area (Å²) in [5.74, 6) is -2.46. The summed E-state index contributed by atoms with van der Waals surface area (Å²) in [6, 6.07) is 7.22. The van der Waals surface area contributed by atoms with E-state index in [2.05, 4.69) is 15.5 Å². The van der Waals surface area contributed by atoms with Crippen molar-refractivity contribution in [2.75, 3.05) is 44.2 Å². The Morgan fingerprint density at radius 1 is 1.00 bits per heavy atom. The minimum Gasteiger partial charge on any atom is -0.365 e. The highest BCUT2D eigenvalue weighted by molar-refractivity contribution is 5.94. The molecule has 3 atom stereocenters. The summed E-state index contributed by atoms with van der Waals surface area (Å²) in [7, 11) is 0. The van der Waals surface area contributed by atoms with E-state index in [9.17, 15) is 18.4 Å². The number of carbonyl (C=O) groups excluding carboxylic acids is 2. The van der Waals surface area contributed by atoms with Crippen LogP contribution in [0.2, 0.25) is 0 Å². The van der Waals surface area contributed by atoms with Crippen LogP contribution >= 0.6 is 0 Å². The Kier molecular flexibility index (Phi) is 5.79. The van der Waals surface area contributed by atoms with E-state index in [4.69, 9.17) is 0 Å². The largest absolute Gasteiger partial charge is 0.365 e. The zero-order valence-electron chi connectivity index (χ0n) is 18.2. The summed E-state index contributed by atoms with van der Waals surface area (Å²) in [5, 5.41) is 6.72. The first-order valence-corrected chi connectivity index (χ1v) is 11.7. The summed E-state index contributed by atoms with van der Waals surface area (Å²) >= 11 is 0. The summed E-state index contributed by atoms with van der Waals surface area (Å²) < 4.78 is 26.9. The molecule has 4 fully saturated rings. The number of rotatable bonds is 3. The molecule has 5 rings (SSSR count). The fourth-order valence-electron chi connectivity index (χ4n) is 5.46. The van der Waals surface area contributed by atoms with Gasteiger partial charge in [0.25, 0.3) is 11.8 Å². The van der Waals surface area contributed by atoms with Gasteiger partial charge in [-0.2, -0.15) is 0 Å². The van der Waals surface area contributed by atoms with Crippen molar-refractivity contribution in [1.29, 1.82) is 0 Å². The second-order valence-corrected chi connectivity index (χ2v) is 9.48. The lowest BCUT2D eigenvalue weighted by Crippen LogP contribution is -2.69. The van der Waals surface area contributed by atoms with Gasteiger partial charge < -0.3 is 15.1 Å². The third kappa shape index (κ3) is 4.32. The lowest BCUT2D eigenvalue weighted by molar-refractivity contribution is -0.134. The topological polar surface area (TPSA) is 67.9 Å². The number of piperazine rings is 1. The van der Waals surface area contributed by atoms with Gasteiger partial charge in [-0.25, -0.2) is 8.78 Å². The normalized spacial score (nSPS) is 30.7. The van der Waals surface area contributed by atoms with Gasteiger partial charge >= 0.3 is 0 Å². The van der Waals surface area contributed by atoms with Crippen LogP contribution in [0, 0.1) is 5.92 Å². The first-order chi connectivity index (χ1) is 15.4. The Bertz CT molecular complexity index is 856. The number of anilines is 1. The number of alkyl halides is 2. The molecule has 7 nitrogen and oxygen atoms in total. The van der Waals surface area contributed by atoms with Crippen molar-refractivity contribution < 1.29 is 18.4 Å². The van der Waals surface area contributed by atoms with Gasteiger partial charge in [-0.1, -0.05) is 12.8 Å². The first-order valence-electron chi connectivity index (χ1n) is 11.7. The van der Waals surface area contributed by atoms with E-state index in [-0.39, 0.29) is 43.0 Å². The molecule has 3 aliphatic heterocycles. The van der Waals surface area contributed by atoms with Gasteiger partial charge in [0.05, 0.1) is 12.5 Å². The van der Waals surface area contributed by atoms with Crippen molar-refractivity contribution in [3.8, 4) is 0 Å². The molecular formula is C23H31F2N5O2. The Morgan fingerprint density at radius 2 is 1.72 bits per heavy atom. The molecule has 1 aromatic rings. The molecule has 3 heterocycles. The average molecular weight is 448 g/mol. The van der Waals surface area contributed by atoms with Crippen LogP contribution in [-0.2, 0) is 4.79 Å². The quantitative estimate of drug-likeness (QED) is 0.741. The number of hydrogen-bond acceptors (Lipinski definition) is 5. The zero-order chi connectivity index (χ0) is 22.3. The molecule has 0 aromatic heterocycles. The average Bonchev–Trinajstić information content (AvgIpc) is 3.18. The van der Waals surface area contributed by atoms with Crippen LogP contribution in [0.4, 0.5) is 14.5 Å². The molecule has 3 saturated heterocycles. The van der Waals surface area contributed by atoms with Crippen molar-refractivity contribution in [3.05, 3.63) is 29.8 Å². The van der Waals surface area contributed by atoms with Gasteiger partial charge in [0.15, 0.2) is 0 Å². The van der Waals surface area contributed by atoms with E-state index < -0.39 is 5.92 Å². The number of hydrogen-bond donors (Lipinski definition) is 2. The Morgan fingerprint density at radius 3 is 2.41 bits per heavy atom. The van der Waals surface area contributed by atoms with Crippen LogP contribution < -0.4 is 15.5 Å². The second-order valence-electron chi connectivity index (χ2n) is 9.48.